The third-order valence-corrected chi connectivity index (χ3v) is 5.95. The van der Waals surface area contributed by atoms with Gasteiger partial charge in [0.2, 0.25) is 15.9 Å². The number of benzene rings is 1. The molecule has 25 heavy (non-hydrogen) atoms. The summed E-state index contributed by atoms with van der Waals surface area (Å²) in [4.78, 5) is 12.9. The van der Waals surface area contributed by atoms with E-state index in [1.165, 1.54) is 12.1 Å². The van der Waals surface area contributed by atoms with Crippen molar-refractivity contribution < 1.29 is 17.9 Å². The van der Waals surface area contributed by atoms with Crippen LogP contribution in [0.3, 0.4) is 0 Å². The molecule has 0 atom stereocenters. The summed E-state index contributed by atoms with van der Waals surface area (Å²) in [5.41, 5.74) is 0.0201. The minimum atomic E-state index is -3.54. The standard InChI is InChI=1S/C17H27N3O4S/c1-13(2)20-25(22,23)15-6-4-14(5-7-15)19-16(21)17(12-24-3)8-10-18-11-9-17/h4-7,13,18,20H,8-12H2,1-3H3,(H,19,21). The zero-order valence-corrected chi connectivity index (χ0v) is 15.8. The lowest BCUT2D eigenvalue weighted by Gasteiger charge is -2.35. The Balaban J connectivity index is 2.11. The highest BCUT2D eigenvalue weighted by molar-refractivity contribution is 7.89. The van der Waals surface area contributed by atoms with Crippen molar-refractivity contribution in [1.29, 1.82) is 0 Å². The van der Waals surface area contributed by atoms with Crippen LogP contribution in [0.1, 0.15) is 26.7 Å². The maximum Gasteiger partial charge on any atom is 0.240 e. The summed E-state index contributed by atoms with van der Waals surface area (Å²) >= 11 is 0. The number of piperidine rings is 1. The van der Waals surface area contributed by atoms with Crippen LogP contribution in [0.2, 0.25) is 0 Å². The van der Waals surface area contributed by atoms with Crippen LogP contribution in [-0.2, 0) is 19.6 Å². The summed E-state index contributed by atoms with van der Waals surface area (Å²) < 4.78 is 32.1. The van der Waals surface area contributed by atoms with Crippen molar-refractivity contribution in [2.24, 2.45) is 5.41 Å². The molecule has 1 fully saturated rings. The zero-order valence-electron chi connectivity index (χ0n) is 15.0. The van der Waals surface area contributed by atoms with Crippen LogP contribution in [0.25, 0.3) is 0 Å². The molecular weight excluding hydrogens is 342 g/mol. The molecule has 0 aromatic heterocycles. The summed E-state index contributed by atoms with van der Waals surface area (Å²) in [5.74, 6) is -0.0910. The summed E-state index contributed by atoms with van der Waals surface area (Å²) in [7, 11) is -1.94. The molecule has 0 radical (unpaired) electrons. The summed E-state index contributed by atoms with van der Waals surface area (Å²) in [6, 6.07) is 6.01. The molecule has 1 aliphatic heterocycles. The number of rotatable bonds is 7. The Morgan fingerprint density at radius 2 is 1.84 bits per heavy atom. The second kappa shape index (κ2) is 8.27. The van der Waals surface area contributed by atoms with E-state index in [9.17, 15) is 13.2 Å². The first kappa shape index (κ1) is 19.8. The number of carbonyl (C=O) groups excluding carboxylic acids is 1. The van der Waals surface area contributed by atoms with E-state index in [1.54, 1.807) is 33.1 Å². The van der Waals surface area contributed by atoms with Crippen LogP contribution in [0.15, 0.2) is 29.2 Å². The SMILES string of the molecule is COCC1(C(=O)Nc2ccc(S(=O)(=O)NC(C)C)cc2)CCNCC1. The van der Waals surface area contributed by atoms with Crippen molar-refractivity contribution in [3.63, 3.8) is 0 Å². The molecule has 0 aliphatic carbocycles. The average molecular weight is 369 g/mol. The molecule has 0 bridgehead atoms. The largest absolute Gasteiger partial charge is 0.384 e. The van der Waals surface area contributed by atoms with Crippen LogP contribution in [-0.4, -0.2) is 47.2 Å². The number of amides is 1. The molecule has 8 heteroatoms. The number of ether oxygens (including phenoxy) is 1. The van der Waals surface area contributed by atoms with Crippen LogP contribution in [0.4, 0.5) is 5.69 Å². The quantitative estimate of drug-likeness (QED) is 0.674. The van der Waals surface area contributed by atoms with Gasteiger partial charge in [-0.25, -0.2) is 13.1 Å². The van der Waals surface area contributed by atoms with Gasteiger partial charge in [0, 0.05) is 18.8 Å². The van der Waals surface area contributed by atoms with Gasteiger partial charge < -0.3 is 15.4 Å². The molecule has 1 amide bonds. The lowest BCUT2D eigenvalue weighted by Crippen LogP contribution is -2.47. The second-order valence-corrected chi connectivity index (χ2v) is 8.43. The molecule has 0 saturated carbocycles. The number of anilines is 1. The predicted octanol–water partition coefficient (Wildman–Crippen LogP) is 1.33. The Hall–Kier alpha value is -1.48. The summed E-state index contributed by atoms with van der Waals surface area (Å²) in [5, 5.41) is 6.14. The van der Waals surface area contributed by atoms with Gasteiger partial charge >= 0.3 is 0 Å². The van der Waals surface area contributed by atoms with Crippen molar-refractivity contribution in [3.8, 4) is 0 Å². The highest BCUT2D eigenvalue weighted by atomic mass is 32.2. The zero-order chi connectivity index (χ0) is 18.5. The Morgan fingerprint density at radius 3 is 2.36 bits per heavy atom. The maximum atomic E-state index is 12.8. The number of methoxy groups -OCH3 is 1. The molecule has 0 unspecified atom stereocenters. The molecule has 3 N–H and O–H groups in total. The van der Waals surface area contributed by atoms with Crippen LogP contribution in [0, 0.1) is 5.41 Å². The highest BCUT2D eigenvalue weighted by Crippen LogP contribution is 2.31. The average Bonchev–Trinajstić information content (AvgIpc) is 2.55. The van der Waals surface area contributed by atoms with E-state index >= 15 is 0 Å². The molecule has 1 aliphatic rings. The minimum absolute atomic E-state index is 0.0910. The molecular formula is C17H27N3O4S. The van der Waals surface area contributed by atoms with Crippen LogP contribution < -0.4 is 15.4 Å². The van der Waals surface area contributed by atoms with Crippen molar-refractivity contribution in [1.82, 2.24) is 10.0 Å². The number of hydrogen-bond donors (Lipinski definition) is 3. The fourth-order valence-corrected chi connectivity index (χ4v) is 4.23. The van der Waals surface area contributed by atoms with Gasteiger partial charge in [-0.3, -0.25) is 4.79 Å². The van der Waals surface area contributed by atoms with E-state index in [1.807, 2.05) is 0 Å². The van der Waals surface area contributed by atoms with Crippen molar-refractivity contribution in [2.45, 2.75) is 37.6 Å². The first-order valence-electron chi connectivity index (χ1n) is 8.43. The van der Waals surface area contributed by atoms with Crippen molar-refractivity contribution in [2.75, 3.05) is 32.1 Å². The monoisotopic (exact) mass is 369 g/mol. The Bertz CT molecular complexity index is 675. The molecule has 1 aromatic carbocycles. The fraction of sp³-hybridized carbons (Fsp3) is 0.588. The fourth-order valence-electron chi connectivity index (χ4n) is 2.98. The van der Waals surface area contributed by atoms with E-state index in [-0.39, 0.29) is 16.8 Å². The van der Waals surface area contributed by atoms with Gasteiger partial charge in [-0.15, -0.1) is 0 Å². The van der Waals surface area contributed by atoms with E-state index in [2.05, 4.69) is 15.4 Å². The maximum absolute atomic E-state index is 12.8. The van der Waals surface area contributed by atoms with Gasteiger partial charge in [0.1, 0.15) is 0 Å². The third kappa shape index (κ3) is 5.01. The van der Waals surface area contributed by atoms with Gasteiger partial charge in [-0.1, -0.05) is 0 Å². The summed E-state index contributed by atoms with van der Waals surface area (Å²) in [6.07, 6.45) is 1.41. The van der Waals surface area contributed by atoms with Gasteiger partial charge in [0.15, 0.2) is 0 Å². The van der Waals surface area contributed by atoms with E-state index in [0.717, 1.165) is 13.1 Å². The van der Waals surface area contributed by atoms with E-state index in [4.69, 9.17) is 4.74 Å². The molecule has 1 heterocycles. The Labute approximate surface area is 149 Å². The number of nitrogens with one attached hydrogen (secondary N) is 3. The van der Waals surface area contributed by atoms with Crippen LogP contribution in [0.5, 0.6) is 0 Å². The summed E-state index contributed by atoms with van der Waals surface area (Å²) in [6.45, 7) is 5.44. The highest BCUT2D eigenvalue weighted by Gasteiger charge is 2.39. The van der Waals surface area contributed by atoms with Crippen molar-refractivity contribution >= 4 is 21.6 Å². The second-order valence-electron chi connectivity index (χ2n) is 6.72. The minimum Gasteiger partial charge on any atom is -0.384 e. The van der Waals surface area contributed by atoms with E-state index < -0.39 is 15.4 Å². The molecule has 140 valence electrons. The first-order valence-corrected chi connectivity index (χ1v) is 9.91. The molecule has 2 rings (SSSR count). The number of carbonyl (C=O) groups is 1. The van der Waals surface area contributed by atoms with Crippen molar-refractivity contribution in [3.05, 3.63) is 24.3 Å². The third-order valence-electron chi connectivity index (χ3n) is 4.28. The number of hydrogen-bond acceptors (Lipinski definition) is 5. The predicted molar refractivity (Wildman–Crippen MR) is 96.9 cm³/mol. The topological polar surface area (TPSA) is 96.5 Å². The molecule has 7 nitrogen and oxygen atoms in total. The first-order chi connectivity index (χ1) is 11.8. The van der Waals surface area contributed by atoms with Gasteiger partial charge in [-0.05, 0) is 64.0 Å². The molecule has 0 spiro atoms. The Morgan fingerprint density at radius 1 is 1.24 bits per heavy atom. The van der Waals surface area contributed by atoms with Gasteiger partial charge in [0.25, 0.3) is 0 Å². The lowest BCUT2D eigenvalue weighted by atomic mass is 9.78. The van der Waals surface area contributed by atoms with Gasteiger partial charge in [0.05, 0.1) is 16.9 Å². The smallest absolute Gasteiger partial charge is 0.240 e. The lowest BCUT2D eigenvalue weighted by molar-refractivity contribution is -0.130. The Kier molecular flexibility index (Phi) is 6.56. The van der Waals surface area contributed by atoms with E-state index in [0.29, 0.717) is 25.1 Å². The van der Waals surface area contributed by atoms with Gasteiger partial charge in [-0.2, -0.15) is 0 Å². The van der Waals surface area contributed by atoms with Crippen LogP contribution >= 0.6 is 0 Å². The molecule has 1 aromatic rings. The normalized spacial score (nSPS) is 17.4. The molecule has 1 saturated heterocycles. The number of sulfonamides is 1.